The van der Waals surface area contributed by atoms with Crippen molar-refractivity contribution in [2.75, 3.05) is 6.61 Å². The summed E-state index contributed by atoms with van der Waals surface area (Å²) in [4.78, 5) is 12.2. The molecule has 5 rings (SSSR count). The Bertz CT molecular complexity index is 1040. The molecule has 0 amide bonds. The highest BCUT2D eigenvalue weighted by Crippen LogP contribution is 2.67. The summed E-state index contributed by atoms with van der Waals surface area (Å²) in [6.45, 7) is 8.33. The topological polar surface area (TPSA) is 57.5 Å². The van der Waals surface area contributed by atoms with Gasteiger partial charge in [0.05, 0.1) is 12.2 Å². The molecular weight excluding hydrogens is 408 g/mol. The molecule has 0 unspecified atom stereocenters. The maximum atomic E-state index is 12.2. The van der Waals surface area contributed by atoms with Gasteiger partial charge in [0.15, 0.2) is 5.78 Å². The lowest BCUT2D eigenvalue weighted by Crippen LogP contribution is -2.53. The molecule has 3 heteroatoms. The first-order valence-electron chi connectivity index (χ1n) is 12.5. The minimum atomic E-state index is -0.909. The zero-order chi connectivity index (χ0) is 23.4. The smallest absolute Gasteiger partial charge is 0.155 e. The molecule has 0 spiro atoms. The van der Waals surface area contributed by atoms with E-state index in [0.29, 0.717) is 36.0 Å². The minimum Gasteiger partial charge on any atom is -0.392 e. The van der Waals surface area contributed by atoms with E-state index in [1.54, 1.807) is 6.08 Å². The fourth-order valence-corrected chi connectivity index (χ4v) is 7.70. The average molecular weight is 445 g/mol. The monoisotopic (exact) mass is 444 g/mol. The Labute approximate surface area is 197 Å². The molecule has 0 radical (unpaired) electrons. The van der Waals surface area contributed by atoms with E-state index in [4.69, 9.17) is 0 Å². The summed E-state index contributed by atoms with van der Waals surface area (Å²) in [6, 6.07) is 8.85. The standard InChI is InChI=1S/C30H36O3/c1-19(2)20-5-7-21(8-6-20)26-18-29(3)27(13-15-30(29,33)14-4-16-31)25-11-9-22-17-23(32)10-12-24(22)28(25)26/h4-9,11,14,17,24-28,31,33H,1,10,12-13,15-16,18H2,2-3H3/b14-4-/t24-,25-,26+,27-,28+,29-,30-/m0/s1. The highest BCUT2D eigenvalue weighted by atomic mass is 16.3. The number of hydrogen-bond acceptors (Lipinski definition) is 3. The molecule has 0 saturated heterocycles. The van der Waals surface area contributed by atoms with Crippen LogP contribution in [0.3, 0.4) is 0 Å². The van der Waals surface area contributed by atoms with E-state index in [1.165, 1.54) is 11.1 Å². The molecule has 4 aliphatic carbocycles. The normalized spacial score (nSPS) is 39.7. The van der Waals surface area contributed by atoms with Crippen LogP contribution in [0.4, 0.5) is 0 Å². The summed E-state index contributed by atoms with van der Waals surface area (Å²) < 4.78 is 0. The van der Waals surface area contributed by atoms with Crippen molar-refractivity contribution in [3.8, 4) is 0 Å². The van der Waals surface area contributed by atoms with Crippen molar-refractivity contribution in [2.45, 2.75) is 57.5 Å². The Morgan fingerprint density at radius 2 is 1.97 bits per heavy atom. The van der Waals surface area contributed by atoms with Gasteiger partial charge in [0.25, 0.3) is 0 Å². The number of hydrogen-bond donors (Lipinski definition) is 2. The van der Waals surface area contributed by atoms with Gasteiger partial charge >= 0.3 is 0 Å². The van der Waals surface area contributed by atoms with Crippen LogP contribution in [0.2, 0.25) is 0 Å². The fraction of sp³-hybridized carbons (Fsp3) is 0.500. The quantitative estimate of drug-likeness (QED) is 0.594. The van der Waals surface area contributed by atoms with Gasteiger partial charge in [-0.2, -0.15) is 0 Å². The fourth-order valence-electron chi connectivity index (χ4n) is 7.70. The maximum absolute atomic E-state index is 12.2. The van der Waals surface area contributed by atoms with Crippen molar-refractivity contribution in [1.82, 2.24) is 0 Å². The Morgan fingerprint density at radius 1 is 1.21 bits per heavy atom. The lowest BCUT2D eigenvalue weighted by Gasteiger charge is -2.57. The van der Waals surface area contributed by atoms with E-state index in [-0.39, 0.29) is 17.8 Å². The number of fused-ring (bicyclic) bond motifs is 5. The zero-order valence-electron chi connectivity index (χ0n) is 19.8. The van der Waals surface area contributed by atoms with Crippen LogP contribution in [-0.2, 0) is 4.79 Å². The van der Waals surface area contributed by atoms with Crippen LogP contribution in [0.15, 0.2) is 66.8 Å². The average Bonchev–Trinajstić information content (AvgIpc) is 3.07. The highest BCUT2D eigenvalue weighted by Gasteiger charge is 2.63. The third-order valence-electron chi connectivity index (χ3n) is 9.43. The zero-order valence-corrected chi connectivity index (χ0v) is 19.8. The Morgan fingerprint density at radius 3 is 2.67 bits per heavy atom. The van der Waals surface area contributed by atoms with Crippen LogP contribution in [0.1, 0.15) is 63.0 Å². The number of carbonyl (C=O) groups excluding carboxylic acids is 1. The molecule has 0 bridgehead atoms. The summed E-state index contributed by atoms with van der Waals surface area (Å²) in [5, 5.41) is 21.2. The number of ketones is 1. The summed E-state index contributed by atoms with van der Waals surface area (Å²) in [7, 11) is 0. The molecule has 0 aliphatic heterocycles. The second-order valence-electron chi connectivity index (χ2n) is 11.1. The number of aliphatic hydroxyl groups excluding tert-OH is 1. The Hall–Kier alpha value is -2.23. The molecule has 4 aliphatic rings. The predicted octanol–water partition coefficient (Wildman–Crippen LogP) is 5.61. The van der Waals surface area contributed by atoms with E-state index in [0.717, 1.165) is 36.8 Å². The van der Waals surface area contributed by atoms with Crippen molar-refractivity contribution in [2.24, 2.45) is 29.1 Å². The molecule has 2 N–H and O–H groups in total. The highest BCUT2D eigenvalue weighted by molar-refractivity contribution is 5.92. The maximum Gasteiger partial charge on any atom is 0.155 e. The molecule has 174 valence electrons. The van der Waals surface area contributed by atoms with Crippen LogP contribution in [0, 0.1) is 29.1 Å². The van der Waals surface area contributed by atoms with Gasteiger partial charge in [-0.1, -0.05) is 67.6 Å². The van der Waals surface area contributed by atoms with Crippen molar-refractivity contribution >= 4 is 11.4 Å². The van der Waals surface area contributed by atoms with Gasteiger partial charge in [-0.25, -0.2) is 0 Å². The van der Waals surface area contributed by atoms with Gasteiger partial charge in [-0.05, 0) is 85.0 Å². The number of allylic oxidation sites excluding steroid dienone is 5. The molecular formula is C30H36O3. The molecule has 3 nitrogen and oxygen atoms in total. The van der Waals surface area contributed by atoms with Crippen LogP contribution in [0.5, 0.6) is 0 Å². The first-order valence-corrected chi connectivity index (χ1v) is 12.5. The third-order valence-corrected chi connectivity index (χ3v) is 9.43. The molecule has 2 saturated carbocycles. The first kappa shape index (κ1) is 22.6. The lowest BCUT2D eigenvalue weighted by molar-refractivity contribution is -0.116. The number of carbonyl (C=O) groups is 1. The van der Waals surface area contributed by atoms with Gasteiger partial charge in [-0.15, -0.1) is 0 Å². The van der Waals surface area contributed by atoms with Crippen LogP contribution in [0.25, 0.3) is 5.57 Å². The van der Waals surface area contributed by atoms with Crippen LogP contribution >= 0.6 is 0 Å². The predicted molar refractivity (Wildman–Crippen MR) is 132 cm³/mol. The summed E-state index contributed by atoms with van der Waals surface area (Å²) in [5.74, 6) is 2.14. The first-order chi connectivity index (χ1) is 15.8. The van der Waals surface area contributed by atoms with E-state index < -0.39 is 5.60 Å². The molecule has 0 heterocycles. The number of benzene rings is 1. The van der Waals surface area contributed by atoms with E-state index in [1.807, 2.05) is 19.1 Å². The van der Waals surface area contributed by atoms with Crippen molar-refractivity contribution < 1.29 is 15.0 Å². The van der Waals surface area contributed by atoms with Crippen molar-refractivity contribution in [3.63, 3.8) is 0 Å². The molecule has 7 atom stereocenters. The number of rotatable bonds is 4. The van der Waals surface area contributed by atoms with Crippen LogP contribution in [-0.4, -0.2) is 28.2 Å². The van der Waals surface area contributed by atoms with Gasteiger partial charge in [0.2, 0.25) is 0 Å². The third kappa shape index (κ3) is 3.52. The van der Waals surface area contributed by atoms with E-state index >= 15 is 0 Å². The van der Waals surface area contributed by atoms with Crippen molar-refractivity contribution in [1.29, 1.82) is 0 Å². The van der Waals surface area contributed by atoms with Gasteiger partial charge in [-0.3, -0.25) is 4.79 Å². The molecule has 1 aromatic rings. The lowest BCUT2D eigenvalue weighted by atomic mass is 9.48. The second-order valence-corrected chi connectivity index (χ2v) is 11.1. The van der Waals surface area contributed by atoms with Crippen LogP contribution < -0.4 is 0 Å². The molecule has 33 heavy (non-hydrogen) atoms. The summed E-state index contributed by atoms with van der Waals surface area (Å²) in [6.07, 6.45) is 14.2. The largest absolute Gasteiger partial charge is 0.392 e. The van der Waals surface area contributed by atoms with Gasteiger partial charge in [0, 0.05) is 11.8 Å². The number of aliphatic hydroxyl groups is 2. The second kappa shape index (κ2) is 8.21. The summed E-state index contributed by atoms with van der Waals surface area (Å²) >= 11 is 0. The van der Waals surface area contributed by atoms with Gasteiger partial charge < -0.3 is 10.2 Å². The molecule has 2 fully saturated rings. The van der Waals surface area contributed by atoms with Gasteiger partial charge in [0.1, 0.15) is 0 Å². The molecule has 1 aromatic carbocycles. The van der Waals surface area contributed by atoms with E-state index in [9.17, 15) is 15.0 Å². The Balaban J connectivity index is 1.62. The summed E-state index contributed by atoms with van der Waals surface area (Å²) in [5.41, 5.74) is 3.56. The van der Waals surface area contributed by atoms with E-state index in [2.05, 4.69) is 49.9 Å². The SMILES string of the molecule is C=C(C)c1ccc([C@H]2C[C@@]3(C)[C@@H](CC[C@@]3(O)/C=C\CO)[C@@H]3C=CC4=CC(=O)CC[C@@H]4[C@H]32)cc1. The van der Waals surface area contributed by atoms with Crippen molar-refractivity contribution in [3.05, 3.63) is 77.9 Å². The Kier molecular flexibility index (Phi) is 5.61. The minimum absolute atomic E-state index is 0.0505. The molecule has 0 aromatic heterocycles.